The first-order chi connectivity index (χ1) is 11.2. The maximum absolute atomic E-state index is 12.3. The number of nitrogens with zero attached hydrogens (tertiary/aromatic N) is 2. The molecule has 1 atom stereocenters. The van der Waals surface area contributed by atoms with Crippen LogP contribution in [0.4, 0.5) is 0 Å². The fourth-order valence-electron chi connectivity index (χ4n) is 3.08. The topological polar surface area (TPSA) is 45.2 Å². The van der Waals surface area contributed by atoms with Gasteiger partial charge in [0, 0.05) is 19.1 Å². The Morgan fingerprint density at radius 3 is 2.96 bits per heavy atom. The molecule has 4 nitrogen and oxygen atoms in total. The van der Waals surface area contributed by atoms with E-state index in [4.69, 9.17) is 0 Å². The van der Waals surface area contributed by atoms with E-state index in [1.54, 1.807) is 5.51 Å². The van der Waals surface area contributed by atoms with Crippen molar-refractivity contribution < 1.29 is 4.79 Å². The van der Waals surface area contributed by atoms with Crippen LogP contribution in [0.3, 0.4) is 0 Å². The minimum Gasteiger partial charge on any atom is -0.347 e. The average Bonchev–Trinajstić information content (AvgIpc) is 3.00. The number of aromatic nitrogens is 1. The number of aryl methyl sites for hydroxylation is 1. The highest BCUT2D eigenvalue weighted by molar-refractivity contribution is 7.11. The zero-order valence-electron chi connectivity index (χ0n) is 13.5. The van der Waals surface area contributed by atoms with Gasteiger partial charge in [-0.1, -0.05) is 30.3 Å². The van der Waals surface area contributed by atoms with Crippen molar-refractivity contribution >= 4 is 17.2 Å². The largest absolute Gasteiger partial charge is 0.347 e. The molecule has 5 heteroatoms. The standard InChI is InChI=1S/C18H23N3OS/c1-14-17(23-13-19-14)18(22)20-16-8-5-10-21(12-16)11-9-15-6-3-2-4-7-15/h2-4,6-7,13,16H,5,8-12H2,1H3,(H,20,22). The summed E-state index contributed by atoms with van der Waals surface area (Å²) < 4.78 is 0. The lowest BCUT2D eigenvalue weighted by Gasteiger charge is -2.33. The molecule has 1 aromatic heterocycles. The fraction of sp³-hybridized carbons (Fsp3) is 0.444. The first-order valence-electron chi connectivity index (χ1n) is 8.19. The molecule has 2 heterocycles. The summed E-state index contributed by atoms with van der Waals surface area (Å²) in [5, 5.41) is 3.18. The Bertz CT molecular complexity index is 641. The van der Waals surface area contributed by atoms with E-state index in [1.165, 1.54) is 16.9 Å². The highest BCUT2D eigenvalue weighted by Crippen LogP contribution is 2.15. The Morgan fingerprint density at radius 2 is 2.22 bits per heavy atom. The summed E-state index contributed by atoms with van der Waals surface area (Å²) in [6.07, 6.45) is 3.27. The minimum absolute atomic E-state index is 0.0277. The van der Waals surface area contributed by atoms with Gasteiger partial charge < -0.3 is 10.2 Å². The van der Waals surface area contributed by atoms with Gasteiger partial charge in [-0.25, -0.2) is 4.98 Å². The second kappa shape index (κ2) is 7.70. The number of amides is 1. The van der Waals surface area contributed by atoms with E-state index in [0.717, 1.165) is 49.5 Å². The Labute approximate surface area is 141 Å². The Kier molecular flexibility index (Phi) is 5.41. The molecule has 23 heavy (non-hydrogen) atoms. The molecule has 1 aliphatic rings. The Balaban J connectivity index is 1.50. The van der Waals surface area contributed by atoms with Crippen molar-refractivity contribution in [2.24, 2.45) is 0 Å². The fourth-order valence-corrected chi connectivity index (χ4v) is 3.78. The number of carbonyl (C=O) groups is 1. The van der Waals surface area contributed by atoms with Gasteiger partial charge in [0.15, 0.2) is 0 Å². The number of rotatable bonds is 5. The van der Waals surface area contributed by atoms with Crippen molar-refractivity contribution in [2.45, 2.75) is 32.2 Å². The van der Waals surface area contributed by atoms with E-state index < -0.39 is 0 Å². The van der Waals surface area contributed by atoms with Crippen LogP contribution < -0.4 is 5.32 Å². The van der Waals surface area contributed by atoms with E-state index in [-0.39, 0.29) is 11.9 Å². The van der Waals surface area contributed by atoms with Gasteiger partial charge in [-0.05, 0) is 38.3 Å². The number of benzene rings is 1. The van der Waals surface area contributed by atoms with Crippen molar-refractivity contribution in [1.82, 2.24) is 15.2 Å². The van der Waals surface area contributed by atoms with Crippen molar-refractivity contribution in [3.05, 3.63) is 52.0 Å². The third-order valence-electron chi connectivity index (χ3n) is 4.35. The molecule has 1 amide bonds. The quantitative estimate of drug-likeness (QED) is 0.917. The summed E-state index contributed by atoms with van der Waals surface area (Å²) in [6.45, 7) is 5.00. The Morgan fingerprint density at radius 1 is 1.39 bits per heavy atom. The van der Waals surface area contributed by atoms with Crippen molar-refractivity contribution in [3.8, 4) is 0 Å². The van der Waals surface area contributed by atoms with Crippen LogP contribution in [-0.2, 0) is 6.42 Å². The van der Waals surface area contributed by atoms with Crippen LogP contribution in [0.2, 0.25) is 0 Å². The molecule has 3 rings (SSSR count). The number of thiazole rings is 1. The molecule has 1 N–H and O–H groups in total. The van der Waals surface area contributed by atoms with E-state index >= 15 is 0 Å². The van der Waals surface area contributed by atoms with Crippen LogP contribution in [0.1, 0.15) is 33.8 Å². The molecule has 1 saturated heterocycles. The SMILES string of the molecule is Cc1ncsc1C(=O)NC1CCCN(CCc2ccccc2)C1. The van der Waals surface area contributed by atoms with E-state index in [1.807, 2.05) is 6.92 Å². The van der Waals surface area contributed by atoms with E-state index in [0.29, 0.717) is 0 Å². The number of hydrogen-bond acceptors (Lipinski definition) is 4. The minimum atomic E-state index is 0.0277. The lowest BCUT2D eigenvalue weighted by molar-refractivity contribution is 0.0907. The third kappa shape index (κ3) is 4.39. The number of hydrogen-bond donors (Lipinski definition) is 1. The summed E-state index contributed by atoms with van der Waals surface area (Å²) in [6, 6.07) is 10.8. The number of likely N-dealkylation sites (tertiary alicyclic amines) is 1. The van der Waals surface area contributed by atoms with Crippen LogP contribution in [0, 0.1) is 6.92 Å². The number of nitrogens with one attached hydrogen (secondary N) is 1. The maximum atomic E-state index is 12.3. The predicted molar refractivity (Wildman–Crippen MR) is 93.9 cm³/mol. The van der Waals surface area contributed by atoms with Gasteiger partial charge in [0.2, 0.25) is 0 Å². The highest BCUT2D eigenvalue weighted by atomic mass is 32.1. The van der Waals surface area contributed by atoms with E-state index in [9.17, 15) is 4.79 Å². The highest BCUT2D eigenvalue weighted by Gasteiger charge is 2.22. The number of piperidine rings is 1. The number of carbonyl (C=O) groups excluding carboxylic acids is 1. The van der Waals surface area contributed by atoms with Gasteiger partial charge in [0.25, 0.3) is 5.91 Å². The molecule has 2 aromatic rings. The summed E-state index contributed by atoms with van der Waals surface area (Å²) in [5.41, 5.74) is 3.93. The predicted octanol–water partition coefficient (Wildman–Crippen LogP) is 2.89. The molecule has 1 aromatic carbocycles. The van der Waals surface area contributed by atoms with E-state index in [2.05, 4.69) is 45.5 Å². The van der Waals surface area contributed by atoms with Gasteiger partial charge in [-0.3, -0.25) is 4.79 Å². The molecule has 0 radical (unpaired) electrons. The summed E-state index contributed by atoms with van der Waals surface area (Å²) in [7, 11) is 0. The monoisotopic (exact) mass is 329 g/mol. The molecular weight excluding hydrogens is 306 g/mol. The molecule has 1 unspecified atom stereocenters. The second-order valence-electron chi connectivity index (χ2n) is 6.12. The summed E-state index contributed by atoms with van der Waals surface area (Å²) in [4.78, 5) is 19.7. The second-order valence-corrected chi connectivity index (χ2v) is 6.97. The lowest BCUT2D eigenvalue weighted by atomic mass is 10.0. The van der Waals surface area contributed by atoms with Crippen LogP contribution in [0.25, 0.3) is 0 Å². The maximum Gasteiger partial charge on any atom is 0.263 e. The first kappa shape index (κ1) is 16.1. The molecule has 1 aliphatic heterocycles. The molecule has 0 spiro atoms. The average molecular weight is 329 g/mol. The van der Waals surface area contributed by atoms with Gasteiger partial charge in [-0.2, -0.15) is 0 Å². The van der Waals surface area contributed by atoms with Crippen molar-refractivity contribution in [1.29, 1.82) is 0 Å². The molecule has 0 aliphatic carbocycles. The molecule has 122 valence electrons. The first-order valence-corrected chi connectivity index (χ1v) is 9.07. The zero-order chi connectivity index (χ0) is 16.1. The van der Waals surface area contributed by atoms with Crippen molar-refractivity contribution in [3.63, 3.8) is 0 Å². The molecule has 0 bridgehead atoms. The third-order valence-corrected chi connectivity index (χ3v) is 5.28. The van der Waals surface area contributed by atoms with Gasteiger partial charge in [0.05, 0.1) is 11.2 Å². The zero-order valence-corrected chi connectivity index (χ0v) is 14.3. The molecular formula is C18H23N3OS. The summed E-state index contributed by atoms with van der Waals surface area (Å²) in [5.74, 6) is 0.0277. The summed E-state index contributed by atoms with van der Waals surface area (Å²) >= 11 is 1.42. The van der Waals surface area contributed by atoms with Crippen LogP contribution in [0.5, 0.6) is 0 Å². The molecule has 1 fully saturated rings. The van der Waals surface area contributed by atoms with Gasteiger partial charge in [-0.15, -0.1) is 11.3 Å². The molecule has 0 saturated carbocycles. The van der Waals surface area contributed by atoms with Crippen LogP contribution in [-0.4, -0.2) is 41.5 Å². The Hall–Kier alpha value is -1.72. The van der Waals surface area contributed by atoms with Gasteiger partial charge >= 0.3 is 0 Å². The van der Waals surface area contributed by atoms with Crippen molar-refractivity contribution in [2.75, 3.05) is 19.6 Å². The smallest absolute Gasteiger partial charge is 0.263 e. The van der Waals surface area contributed by atoms with Crippen LogP contribution >= 0.6 is 11.3 Å². The normalized spacial score (nSPS) is 18.7. The lowest BCUT2D eigenvalue weighted by Crippen LogP contribution is -2.48. The van der Waals surface area contributed by atoms with Crippen LogP contribution in [0.15, 0.2) is 35.8 Å². The van der Waals surface area contributed by atoms with Gasteiger partial charge in [0.1, 0.15) is 4.88 Å².